The number of ether oxygens (including phenoxy) is 1. The Morgan fingerprint density at radius 1 is 1.00 bits per heavy atom. The number of anilines is 2. The van der Waals surface area contributed by atoms with E-state index in [0.29, 0.717) is 22.7 Å². The van der Waals surface area contributed by atoms with E-state index in [2.05, 4.69) is 10.6 Å². The quantitative estimate of drug-likeness (QED) is 0.670. The molecule has 0 aliphatic heterocycles. The molecule has 1 aromatic heterocycles. The normalized spacial score (nSPS) is 10.5. The number of halogens is 1. The second-order valence-electron chi connectivity index (χ2n) is 6.65. The molecule has 0 fully saturated rings. The first-order valence-corrected chi connectivity index (χ1v) is 9.02. The number of nitrogens with zero attached hydrogens (tertiary/aromatic N) is 1. The molecule has 0 bridgehead atoms. The van der Waals surface area contributed by atoms with E-state index in [0.717, 1.165) is 17.1 Å². The van der Waals surface area contributed by atoms with Gasteiger partial charge in [-0.15, -0.1) is 0 Å². The number of aromatic nitrogens is 1. The molecule has 2 amide bonds. The minimum atomic E-state index is -0.316. The van der Waals surface area contributed by atoms with Crippen molar-refractivity contribution in [1.82, 2.24) is 4.57 Å². The van der Waals surface area contributed by atoms with Crippen LogP contribution in [-0.2, 0) is 4.79 Å². The van der Waals surface area contributed by atoms with Gasteiger partial charge in [0.1, 0.15) is 11.6 Å². The smallest absolute Gasteiger partial charge is 0.257 e. The maximum absolute atomic E-state index is 13.2. The van der Waals surface area contributed by atoms with Gasteiger partial charge in [-0.1, -0.05) is 0 Å². The molecular weight excluding hydrogens is 373 g/mol. The zero-order valence-corrected chi connectivity index (χ0v) is 16.7. The van der Waals surface area contributed by atoms with Crippen molar-refractivity contribution in [2.45, 2.75) is 20.8 Å². The number of aryl methyl sites for hydroxylation is 1. The van der Waals surface area contributed by atoms with Gasteiger partial charge in [0.2, 0.25) is 5.91 Å². The third-order valence-electron chi connectivity index (χ3n) is 4.53. The molecule has 6 nitrogen and oxygen atoms in total. The highest BCUT2D eigenvalue weighted by molar-refractivity contribution is 6.06. The van der Waals surface area contributed by atoms with Crippen LogP contribution in [0.25, 0.3) is 5.69 Å². The predicted octanol–water partition coefficient (Wildman–Crippen LogP) is 4.45. The summed E-state index contributed by atoms with van der Waals surface area (Å²) in [7, 11) is 1.50. The number of nitrogens with one attached hydrogen (secondary N) is 2. The lowest BCUT2D eigenvalue weighted by molar-refractivity contribution is -0.114. The van der Waals surface area contributed by atoms with Crippen molar-refractivity contribution in [3.8, 4) is 11.4 Å². The van der Waals surface area contributed by atoms with E-state index in [1.165, 1.54) is 26.2 Å². The Bertz CT molecular complexity index is 1070. The molecule has 7 heteroatoms. The Morgan fingerprint density at radius 2 is 1.69 bits per heavy atom. The van der Waals surface area contributed by atoms with Crippen LogP contribution in [0.5, 0.6) is 5.75 Å². The number of amides is 2. The van der Waals surface area contributed by atoms with Crippen LogP contribution in [0.1, 0.15) is 28.7 Å². The van der Waals surface area contributed by atoms with E-state index in [-0.39, 0.29) is 17.6 Å². The van der Waals surface area contributed by atoms with Crippen LogP contribution in [0, 0.1) is 19.7 Å². The van der Waals surface area contributed by atoms with Crippen LogP contribution in [0.3, 0.4) is 0 Å². The summed E-state index contributed by atoms with van der Waals surface area (Å²) in [5, 5.41) is 5.52. The van der Waals surface area contributed by atoms with Gasteiger partial charge in [-0.25, -0.2) is 4.39 Å². The summed E-state index contributed by atoms with van der Waals surface area (Å²) in [6.07, 6.45) is 0. The summed E-state index contributed by atoms with van der Waals surface area (Å²) in [5.74, 6) is -0.351. The van der Waals surface area contributed by atoms with Crippen molar-refractivity contribution in [1.29, 1.82) is 0 Å². The van der Waals surface area contributed by atoms with Crippen LogP contribution in [0.2, 0.25) is 0 Å². The monoisotopic (exact) mass is 395 g/mol. The SMILES string of the molecule is COc1ccc(NC(=O)c2cc(C)n(-c3ccc(F)cc3)c2C)cc1NC(C)=O. The number of carbonyl (C=O) groups is 2. The van der Waals surface area contributed by atoms with Gasteiger partial charge in [-0.3, -0.25) is 9.59 Å². The van der Waals surface area contributed by atoms with Crippen molar-refractivity contribution in [3.05, 3.63) is 71.3 Å². The van der Waals surface area contributed by atoms with E-state index in [9.17, 15) is 14.0 Å². The zero-order chi connectivity index (χ0) is 21.1. The lowest BCUT2D eigenvalue weighted by atomic mass is 10.2. The van der Waals surface area contributed by atoms with Crippen molar-refractivity contribution >= 4 is 23.2 Å². The molecular formula is C22H22FN3O3. The van der Waals surface area contributed by atoms with E-state index in [1.807, 2.05) is 18.4 Å². The number of methoxy groups -OCH3 is 1. The Morgan fingerprint density at radius 3 is 2.31 bits per heavy atom. The van der Waals surface area contributed by atoms with E-state index in [4.69, 9.17) is 4.74 Å². The Labute approximate surface area is 168 Å². The first kappa shape index (κ1) is 20.1. The Hall–Kier alpha value is -3.61. The van der Waals surface area contributed by atoms with E-state index < -0.39 is 0 Å². The molecule has 0 aliphatic rings. The molecule has 0 aliphatic carbocycles. The van der Waals surface area contributed by atoms with Crippen LogP contribution in [0.15, 0.2) is 48.5 Å². The minimum Gasteiger partial charge on any atom is -0.495 e. The lowest BCUT2D eigenvalue weighted by Crippen LogP contribution is -2.14. The number of hydrogen-bond acceptors (Lipinski definition) is 3. The van der Waals surface area contributed by atoms with Crippen LogP contribution in [0.4, 0.5) is 15.8 Å². The number of rotatable bonds is 5. The highest BCUT2D eigenvalue weighted by Gasteiger charge is 2.17. The van der Waals surface area contributed by atoms with E-state index >= 15 is 0 Å². The zero-order valence-electron chi connectivity index (χ0n) is 16.7. The summed E-state index contributed by atoms with van der Waals surface area (Å²) in [4.78, 5) is 24.3. The summed E-state index contributed by atoms with van der Waals surface area (Å²) in [6.45, 7) is 5.12. The predicted molar refractivity (Wildman–Crippen MR) is 110 cm³/mol. The molecule has 3 rings (SSSR count). The van der Waals surface area contributed by atoms with Gasteiger partial charge in [0, 0.05) is 29.7 Å². The first-order chi connectivity index (χ1) is 13.8. The van der Waals surface area contributed by atoms with E-state index in [1.54, 1.807) is 36.4 Å². The molecule has 1 heterocycles. The van der Waals surface area contributed by atoms with Gasteiger partial charge in [0.15, 0.2) is 0 Å². The maximum Gasteiger partial charge on any atom is 0.257 e. The fourth-order valence-corrected chi connectivity index (χ4v) is 3.25. The van der Waals surface area contributed by atoms with Gasteiger partial charge in [-0.2, -0.15) is 0 Å². The molecule has 29 heavy (non-hydrogen) atoms. The molecule has 0 radical (unpaired) electrons. The van der Waals surface area contributed by atoms with Gasteiger partial charge in [0.25, 0.3) is 5.91 Å². The largest absolute Gasteiger partial charge is 0.495 e. The molecule has 0 saturated carbocycles. The standard InChI is InChI=1S/C22H22FN3O3/c1-13-11-19(14(2)26(13)18-8-5-16(23)6-9-18)22(28)25-17-7-10-21(29-4)20(12-17)24-15(3)27/h5-12H,1-4H3,(H,24,27)(H,25,28). The summed E-state index contributed by atoms with van der Waals surface area (Å²) in [6, 6.07) is 12.9. The number of carbonyl (C=O) groups excluding carboxylic acids is 2. The molecule has 2 aromatic carbocycles. The average Bonchev–Trinajstić information content (AvgIpc) is 2.97. The summed E-state index contributed by atoms with van der Waals surface area (Å²) >= 11 is 0. The van der Waals surface area contributed by atoms with Gasteiger partial charge >= 0.3 is 0 Å². The van der Waals surface area contributed by atoms with Gasteiger partial charge < -0.3 is 19.9 Å². The average molecular weight is 395 g/mol. The van der Waals surface area contributed by atoms with Gasteiger partial charge in [-0.05, 0) is 62.4 Å². The molecule has 0 spiro atoms. The van der Waals surface area contributed by atoms with Crippen LogP contribution >= 0.6 is 0 Å². The topological polar surface area (TPSA) is 72.4 Å². The van der Waals surface area contributed by atoms with Crippen molar-refractivity contribution in [2.24, 2.45) is 0 Å². The molecule has 150 valence electrons. The molecule has 0 unspecified atom stereocenters. The molecule has 0 atom stereocenters. The molecule has 3 aromatic rings. The first-order valence-electron chi connectivity index (χ1n) is 9.02. The van der Waals surface area contributed by atoms with Crippen LogP contribution in [-0.4, -0.2) is 23.5 Å². The fraction of sp³-hybridized carbons (Fsp3) is 0.182. The second-order valence-corrected chi connectivity index (χ2v) is 6.65. The fourth-order valence-electron chi connectivity index (χ4n) is 3.25. The third kappa shape index (κ3) is 4.29. The molecule has 0 saturated heterocycles. The third-order valence-corrected chi connectivity index (χ3v) is 4.53. The van der Waals surface area contributed by atoms with Crippen molar-refractivity contribution < 1.29 is 18.7 Å². The highest BCUT2D eigenvalue weighted by Crippen LogP contribution is 2.29. The maximum atomic E-state index is 13.2. The minimum absolute atomic E-state index is 0.241. The Kier molecular flexibility index (Phi) is 5.68. The van der Waals surface area contributed by atoms with Gasteiger partial charge in [0.05, 0.1) is 18.4 Å². The summed E-state index contributed by atoms with van der Waals surface area (Å²) in [5.41, 5.74) is 3.86. The number of benzene rings is 2. The second kappa shape index (κ2) is 8.18. The highest BCUT2D eigenvalue weighted by atomic mass is 19.1. The van der Waals surface area contributed by atoms with Crippen LogP contribution < -0.4 is 15.4 Å². The lowest BCUT2D eigenvalue weighted by Gasteiger charge is -2.12. The number of hydrogen-bond donors (Lipinski definition) is 2. The Balaban J connectivity index is 1.89. The molecule has 2 N–H and O–H groups in total. The van der Waals surface area contributed by atoms with Crippen molar-refractivity contribution in [3.63, 3.8) is 0 Å². The van der Waals surface area contributed by atoms with Crippen molar-refractivity contribution in [2.75, 3.05) is 17.7 Å². The summed E-state index contributed by atoms with van der Waals surface area (Å²) < 4.78 is 20.4.